The van der Waals surface area contributed by atoms with Gasteiger partial charge in [-0.1, -0.05) is 19.1 Å². The molecule has 0 spiro atoms. The highest BCUT2D eigenvalue weighted by Gasteiger charge is 2.21. The molecule has 0 aliphatic carbocycles. The van der Waals surface area contributed by atoms with Crippen LogP contribution in [0.2, 0.25) is 0 Å². The third-order valence-electron chi connectivity index (χ3n) is 5.30. The minimum Gasteiger partial charge on any atom is -0.378 e. The van der Waals surface area contributed by atoms with E-state index in [-0.39, 0.29) is 5.91 Å². The lowest BCUT2D eigenvalue weighted by Crippen LogP contribution is -2.37. The van der Waals surface area contributed by atoms with Crippen LogP contribution in [0.4, 0.5) is 11.5 Å². The van der Waals surface area contributed by atoms with Crippen LogP contribution in [0.25, 0.3) is 0 Å². The number of hydrogen-bond acceptors (Lipinski definition) is 4. The first-order valence-electron chi connectivity index (χ1n) is 9.67. The molecule has 5 nitrogen and oxygen atoms in total. The lowest BCUT2D eigenvalue weighted by atomic mass is 9.99. The fraction of sp³-hybridized carbons (Fsp3) is 0.455. The third-order valence-corrected chi connectivity index (χ3v) is 5.30. The summed E-state index contributed by atoms with van der Waals surface area (Å²) in [5, 5.41) is 0. The van der Waals surface area contributed by atoms with Gasteiger partial charge in [-0.2, -0.15) is 0 Å². The van der Waals surface area contributed by atoms with Crippen molar-refractivity contribution >= 4 is 17.4 Å². The molecule has 1 aliphatic heterocycles. The van der Waals surface area contributed by atoms with Crippen molar-refractivity contribution < 1.29 is 4.79 Å². The smallest absolute Gasteiger partial charge is 0.255 e. The second-order valence-electron chi connectivity index (χ2n) is 7.80. The standard InChI is InChI=1S/C22H30N4O/c1-17-10-12-26(13-11-17)22(27)19-8-9-21(23-15-19)25(4)16-18-6-5-7-20(14-18)24(2)3/h5-9,14-15,17H,10-13,16H2,1-4H3. The van der Waals surface area contributed by atoms with Crippen molar-refractivity contribution in [3.8, 4) is 0 Å². The normalized spacial score (nSPS) is 14.9. The van der Waals surface area contributed by atoms with Crippen molar-refractivity contribution in [3.05, 3.63) is 53.7 Å². The predicted molar refractivity (Wildman–Crippen MR) is 111 cm³/mol. The van der Waals surface area contributed by atoms with Gasteiger partial charge in [0.2, 0.25) is 0 Å². The summed E-state index contributed by atoms with van der Waals surface area (Å²) in [7, 11) is 6.12. The molecule has 1 saturated heterocycles. The van der Waals surface area contributed by atoms with Crippen molar-refractivity contribution in [2.45, 2.75) is 26.3 Å². The third kappa shape index (κ3) is 4.79. The molecular formula is C22H30N4O. The molecule has 2 heterocycles. The Bertz CT molecular complexity index is 764. The van der Waals surface area contributed by atoms with E-state index in [1.165, 1.54) is 11.3 Å². The molecule has 0 saturated carbocycles. The zero-order chi connectivity index (χ0) is 19.4. The van der Waals surface area contributed by atoms with Crippen LogP contribution in [0.1, 0.15) is 35.7 Å². The molecule has 0 unspecified atom stereocenters. The first kappa shape index (κ1) is 19.2. The number of benzene rings is 1. The second kappa shape index (κ2) is 8.42. The van der Waals surface area contributed by atoms with Crippen molar-refractivity contribution in [3.63, 3.8) is 0 Å². The van der Waals surface area contributed by atoms with Gasteiger partial charge in [0.1, 0.15) is 5.82 Å². The van der Waals surface area contributed by atoms with E-state index >= 15 is 0 Å². The Balaban J connectivity index is 1.64. The van der Waals surface area contributed by atoms with Crippen LogP contribution in [-0.4, -0.2) is 50.0 Å². The number of pyridine rings is 1. The number of likely N-dealkylation sites (tertiary alicyclic amines) is 1. The van der Waals surface area contributed by atoms with Gasteiger partial charge in [0.25, 0.3) is 5.91 Å². The Morgan fingerprint density at radius 1 is 1.15 bits per heavy atom. The molecular weight excluding hydrogens is 336 g/mol. The van der Waals surface area contributed by atoms with E-state index in [1.54, 1.807) is 6.20 Å². The largest absolute Gasteiger partial charge is 0.378 e. The summed E-state index contributed by atoms with van der Waals surface area (Å²) >= 11 is 0. The summed E-state index contributed by atoms with van der Waals surface area (Å²) in [6, 6.07) is 12.3. The molecule has 1 aliphatic rings. The van der Waals surface area contributed by atoms with Gasteiger partial charge >= 0.3 is 0 Å². The van der Waals surface area contributed by atoms with Gasteiger partial charge in [-0.05, 0) is 48.6 Å². The number of hydrogen-bond donors (Lipinski definition) is 0. The summed E-state index contributed by atoms with van der Waals surface area (Å²) in [6.45, 7) is 4.72. The maximum atomic E-state index is 12.6. The van der Waals surface area contributed by atoms with Crippen LogP contribution in [-0.2, 0) is 6.54 Å². The van der Waals surface area contributed by atoms with Gasteiger partial charge in [-0.3, -0.25) is 4.79 Å². The number of anilines is 2. The Kier molecular flexibility index (Phi) is 5.99. The number of amides is 1. The van der Waals surface area contributed by atoms with E-state index in [0.29, 0.717) is 11.5 Å². The van der Waals surface area contributed by atoms with E-state index < -0.39 is 0 Å². The molecule has 0 bridgehead atoms. The fourth-order valence-electron chi connectivity index (χ4n) is 3.42. The first-order chi connectivity index (χ1) is 12.9. The SMILES string of the molecule is CC1CCN(C(=O)c2ccc(N(C)Cc3cccc(N(C)C)c3)nc2)CC1. The number of rotatable bonds is 5. The molecule has 27 heavy (non-hydrogen) atoms. The van der Waals surface area contributed by atoms with Gasteiger partial charge in [0.15, 0.2) is 0 Å². The molecule has 1 aromatic carbocycles. The molecule has 0 radical (unpaired) electrons. The van der Waals surface area contributed by atoms with Gasteiger partial charge in [0, 0.05) is 52.7 Å². The Hall–Kier alpha value is -2.56. The van der Waals surface area contributed by atoms with E-state index in [2.05, 4.69) is 46.0 Å². The first-order valence-corrected chi connectivity index (χ1v) is 9.67. The van der Waals surface area contributed by atoms with Crippen LogP contribution in [0.5, 0.6) is 0 Å². The highest BCUT2D eigenvalue weighted by Crippen LogP contribution is 2.20. The number of aromatic nitrogens is 1. The van der Waals surface area contributed by atoms with E-state index in [9.17, 15) is 4.79 Å². The predicted octanol–water partition coefficient (Wildman–Crippen LogP) is 3.66. The summed E-state index contributed by atoms with van der Waals surface area (Å²) in [5.74, 6) is 1.69. The van der Waals surface area contributed by atoms with Gasteiger partial charge in [0.05, 0.1) is 5.56 Å². The highest BCUT2D eigenvalue weighted by atomic mass is 16.2. The van der Waals surface area contributed by atoms with Crippen LogP contribution >= 0.6 is 0 Å². The molecule has 1 aromatic heterocycles. The molecule has 0 atom stereocenters. The average Bonchev–Trinajstić information content (AvgIpc) is 2.68. The molecule has 144 valence electrons. The Morgan fingerprint density at radius 3 is 2.52 bits per heavy atom. The lowest BCUT2D eigenvalue weighted by Gasteiger charge is -2.30. The van der Waals surface area contributed by atoms with Gasteiger partial charge in [-0.25, -0.2) is 4.98 Å². The molecule has 2 aromatic rings. The van der Waals surface area contributed by atoms with Gasteiger partial charge < -0.3 is 14.7 Å². The maximum absolute atomic E-state index is 12.6. The highest BCUT2D eigenvalue weighted by molar-refractivity contribution is 5.94. The zero-order valence-electron chi connectivity index (χ0n) is 16.9. The van der Waals surface area contributed by atoms with Crippen molar-refractivity contribution in [1.82, 2.24) is 9.88 Å². The molecule has 0 N–H and O–H groups in total. The minimum atomic E-state index is 0.0993. The van der Waals surface area contributed by atoms with Crippen molar-refractivity contribution in [2.24, 2.45) is 5.92 Å². The van der Waals surface area contributed by atoms with Crippen molar-refractivity contribution in [1.29, 1.82) is 0 Å². The maximum Gasteiger partial charge on any atom is 0.255 e. The molecule has 5 heteroatoms. The minimum absolute atomic E-state index is 0.0993. The number of piperidine rings is 1. The van der Waals surface area contributed by atoms with Crippen molar-refractivity contribution in [2.75, 3.05) is 44.0 Å². The summed E-state index contributed by atoms with van der Waals surface area (Å²) in [4.78, 5) is 23.3. The number of carbonyl (C=O) groups excluding carboxylic acids is 1. The summed E-state index contributed by atoms with van der Waals surface area (Å²) in [6.07, 6.45) is 3.89. The van der Waals surface area contributed by atoms with Gasteiger partial charge in [-0.15, -0.1) is 0 Å². The second-order valence-corrected chi connectivity index (χ2v) is 7.80. The zero-order valence-corrected chi connectivity index (χ0v) is 16.9. The van der Waals surface area contributed by atoms with E-state index in [1.807, 2.05) is 38.2 Å². The topological polar surface area (TPSA) is 39.7 Å². The quantitative estimate of drug-likeness (QED) is 0.810. The molecule has 1 amide bonds. The van der Waals surface area contributed by atoms with Crippen LogP contribution in [0.15, 0.2) is 42.6 Å². The lowest BCUT2D eigenvalue weighted by molar-refractivity contribution is 0.0697. The number of carbonyl (C=O) groups is 1. The van der Waals surface area contributed by atoms with Crippen LogP contribution in [0, 0.1) is 5.92 Å². The van der Waals surface area contributed by atoms with E-state index in [4.69, 9.17) is 0 Å². The Labute approximate surface area is 162 Å². The summed E-state index contributed by atoms with van der Waals surface area (Å²) in [5.41, 5.74) is 3.09. The van der Waals surface area contributed by atoms with E-state index in [0.717, 1.165) is 38.3 Å². The average molecular weight is 367 g/mol. The summed E-state index contributed by atoms with van der Waals surface area (Å²) < 4.78 is 0. The molecule has 1 fully saturated rings. The van der Waals surface area contributed by atoms with Crippen LogP contribution in [0.3, 0.4) is 0 Å². The molecule has 3 rings (SSSR count). The van der Waals surface area contributed by atoms with Crippen LogP contribution < -0.4 is 9.80 Å². The monoisotopic (exact) mass is 366 g/mol. The number of nitrogens with zero attached hydrogens (tertiary/aromatic N) is 4. The fourth-order valence-corrected chi connectivity index (χ4v) is 3.42. The Morgan fingerprint density at radius 2 is 1.89 bits per heavy atom.